The number of aryl methyl sites for hydroxylation is 3. The number of benzene rings is 1. The van der Waals surface area contributed by atoms with Crippen molar-refractivity contribution in [2.45, 2.75) is 58.6 Å². The van der Waals surface area contributed by atoms with E-state index in [0.29, 0.717) is 6.04 Å². The highest BCUT2D eigenvalue weighted by molar-refractivity contribution is 5.90. The zero-order valence-electron chi connectivity index (χ0n) is 19.7. The van der Waals surface area contributed by atoms with Crippen LogP contribution < -0.4 is 15.0 Å². The Morgan fingerprint density at radius 2 is 1.76 bits per heavy atom. The van der Waals surface area contributed by atoms with E-state index in [1.54, 1.807) is 6.20 Å². The standard InChI is InChI=1S/C25H32N6O2/c1-16-25-22(28-18(3)27-16)14-20(31-10-12-32-13-11-31)15-23(25)33-21-6-4-19(5-7-21)30-24-8-9-26-17(2)29-24/h8-9,14-15,19,21H,4-7,10-13H2,1-3H3,(H,26,29,30). The van der Waals surface area contributed by atoms with Gasteiger partial charge in [0, 0.05) is 37.1 Å². The lowest BCUT2D eigenvalue weighted by Gasteiger charge is -2.32. The van der Waals surface area contributed by atoms with E-state index < -0.39 is 0 Å². The number of rotatable bonds is 5. The van der Waals surface area contributed by atoms with E-state index in [0.717, 1.165) is 97.5 Å². The SMILES string of the molecule is Cc1nccc(NC2CCC(Oc3cc(N4CCOCC4)cc4nc(C)nc(C)c34)CC2)n1. The lowest BCUT2D eigenvalue weighted by atomic mass is 9.93. The van der Waals surface area contributed by atoms with Gasteiger partial charge in [0.25, 0.3) is 0 Å². The van der Waals surface area contributed by atoms with Gasteiger partial charge in [-0.05, 0) is 58.6 Å². The number of nitrogens with zero attached hydrogens (tertiary/aromatic N) is 5. The van der Waals surface area contributed by atoms with Crippen LogP contribution in [0.15, 0.2) is 24.4 Å². The maximum absolute atomic E-state index is 6.65. The van der Waals surface area contributed by atoms with Crippen molar-refractivity contribution in [1.29, 1.82) is 0 Å². The molecule has 8 heteroatoms. The minimum absolute atomic E-state index is 0.180. The van der Waals surface area contributed by atoms with Gasteiger partial charge in [-0.25, -0.2) is 19.9 Å². The van der Waals surface area contributed by atoms with E-state index in [9.17, 15) is 0 Å². The first-order valence-electron chi connectivity index (χ1n) is 11.9. The molecule has 2 aliphatic rings. The van der Waals surface area contributed by atoms with E-state index in [2.05, 4.69) is 37.3 Å². The molecule has 0 atom stereocenters. The second-order valence-corrected chi connectivity index (χ2v) is 9.02. The van der Waals surface area contributed by atoms with Crippen molar-refractivity contribution in [3.05, 3.63) is 41.7 Å². The number of fused-ring (bicyclic) bond motifs is 1. The van der Waals surface area contributed by atoms with Crippen molar-refractivity contribution in [3.63, 3.8) is 0 Å². The van der Waals surface area contributed by atoms with Gasteiger partial charge in [-0.15, -0.1) is 0 Å². The highest BCUT2D eigenvalue weighted by Crippen LogP contribution is 2.35. The van der Waals surface area contributed by atoms with Crippen LogP contribution in [0, 0.1) is 20.8 Å². The van der Waals surface area contributed by atoms with Crippen LogP contribution >= 0.6 is 0 Å². The molecule has 1 aliphatic carbocycles. The van der Waals surface area contributed by atoms with Crippen LogP contribution in [0.5, 0.6) is 5.75 Å². The molecule has 8 nitrogen and oxygen atoms in total. The average molecular weight is 449 g/mol. The number of hydrogen-bond acceptors (Lipinski definition) is 8. The van der Waals surface area contributed by atoms with Crippen molar-refractivity contribution in [2.75, 3.05) is 36.5 Å². The molecule has 174 valence electrons. The van der Waals surface area contributed by atoms with Gasteiger partial charge in [-0.3, -0.25) is 0 Å². The number of morpholine rings is 1. The molecule has 1 aromatic carbocycles. The molecular weight excluding hydrogens is 416 g/mol. The fourth-order valence-corrected chi connectivity index (χ4v) is 4.88. The summed E-state index contributed by atoms with van der Waals surface area (Å²) >= 11 is 0. The topological polar surface area (TPSA) is 85.3 Å². The van der Waals surface area contributed by atoms with E-state index >= 15 is 0 Å². The van der Waals surface area contributed by atoms with E-state index in [1.807, 2.05) is 26.8 Å². The van der Waals surface area contributed by atoms with Gasteiger partial charge in [0.15, 0.2) is 0 Å². The Hall–Kier alpha value is -3.00. The van der Waals surface area contributed by atoms with Gasteiger partial charge in [-0.2, -0.15) is 0 Å². The Morgan fingerprint density at radius 1 is 0.970 bits per heavy atom. The molecule has 1 aliphatic heterocycles. The quantitative estimate of drug-likeness (QED) is 0.627. The van der Waals surface area contributed by atoms with Gasteiger partial charge in [0.2, 0.25) is 0 Å². The smallest absolute Gasteiger partial charge is 0.133 e. The number of anilines is 2. The highest BCUT2D eigenvalue weighted by atomic mass is 16.5. The maximum Gasteiger partial charge on any atom is 0.133 e. The fraction of sp³-hybridized carbons (Fsp3) is 0.520. The summed E-state index contributed by atoms with van der Waals surface area (Å²) in [4.78, 5) is 20.4. The van der Waals surface area contributed by atoms with Crippen LogP contribution in [0.25, 0.3) is 10.9 Å². The first-order chi connectivity index (χ1) is 16.0. The summed E-state index contributed by atoms with van der Waals surface area (Å²) in [5.74, 6) is 3.38. The van der Waals surface area contributed by atoms with Crippen LogP contribution in [0.2, 0.25) is 0 Å². The molecule has 1 saturated heterocycles. The van der Waals surface area contributed by atoms with Crippen molar-refractivity contribution in [2.24, 2.45) is 0 Å². The summed E-state index contributed by atoms with van der Waals surface area (Å²) in [5.41, 5.74) is 3.07. The van der Waals surface area contributed by atoms with E-state index in [-0.39, 0.29) is 6.10 Å². The normalized spacial score (nSPS) is 21.2. The molecular formula is C25H32N6O2. The average Bonchev–Trinajstić information content (AvgIpc) is 2.80. The van der Waals surface area contributed by atoms with Crippen LogP contribution in [-0.4, -0.2) is 58.4 Å². The molecule has 5 rings (SSSR count). The monoisotopic (exact) mass is 448 g/mol. The molecule has 0 radical (unpaired) electrons. The number of aromatic nitrogens is 4. The summed E-state index contributed by atoms with van der Waals surface area (Å²) in [6.45, 7) is 9.17. The minimum Gasteiger partial charge on any atom is -0.490 e. The molecule has 0 spiro atoms. The molecule has 0 bridgehead atoms. The van der Waals surface area contributed by atoms with Gasteiger partial charge in [-0.1, -0.05) is 0 Å². The Morgan fingerprint density at radius 3 is 2.52 bits per heavy atom. The molecule has 33 heavy (non-hydrogen) atoms. The molecule has 1 saturated carbocycles. The van der Waals surface area contributed by atoms with E-state index in [1.165, 1.54) is 0 Å². The maximum atomic E-state index is 6.65. The first-order valence-corrected chi connectivity index (χ1v) is 11.9. The number of nitrogens with one attached hydrogen (secondary N) is 1. The zero-order chi connectivity index (χ0) is 22.8. The Balaban J connectivity index is 1.33. The third-order valence-corrected chi connectivity index (χ3v) is 6.51. The second kappa shape index (κ2) is 9.47. The number of ether oxygens (including phenoxy) is 2. The van der Waals surface area contributed by atoms with Crippen LogP contribution in [-0.2, 0) is 4.74 Å². The Bertz CT molecular complexity index is 1120. The summed E-state index contributed by atoms with van der Waals surface area (Å²) < 4.78 is 12.2. The van der Waals surface area contributed by atoms with Gasteiger partial charge < -0.3 is 19.7 Å². The Labute approximate surface area is 194 Å². The molecule has 3 aromatic rings. The third-order valence-electron chi connectivity index (χ3n) is 6.51. The van der Waals surface area contributed by atoms with Crippen LogP contribution in [0.4, 0.5) is 11.5 Å². The number of hydrogen-bond donors (Lipinski definition) is 1. The molecule has 3 heterocycles. The van der Waals surface area contributed by atoms with Crippen molar-refractivity contribution in [1.82, 2.24) is 19.9 Å². The first kappa shape index (κ1) is 21.8. The molecule has 1 N–H and O–H groups in total. The minimum atomic E-state index is 0.180. The van der Waals surface area contributed by atoms with Gasteiger partial charge in [0.1, 0.15) is 23.2 Å². The lowest BCUT2D eigenvalue weighted by molar-refractivity contribution is 0.122. The van der Waals surface area contributed by atoms with Crippen molar-refractivity contribution < 1.29 is 9.47 Å². The lowest BCUT2D eigenvalue weighted by Crippen LogP contribution is -2.36. The summed E-state index contributed by atoms with van der Waals surface area (Å²) in [5, 5.41) is 4.58. The third kappa shape index (κ3) is 5.00. The highest BCUT2D eigenvalue weighted by Gasteiger charge is 2.25. The zero-order valence-corrected chi connectivity index (χ0v) is 19.7. The van der Waals surface area contributed by atoms with Gasteiger partial charge >= 0.3 is 0 Å². The van der Waals surface area contributed by atoms with Crippen molar-refractivity contribution in [3.8, 4) is 5.75 Å². The fourth-order valence-electron chi connectivity index (χ4n) is 4.88. The second-order valence-electron chi connectivity index (χ2n) is 9.02. The summed E-state index contributed by atoms with van der Waals surface area (Å²) in [7, 11) is 0. The van der Waals surface area contributed by atoms with Crippen molar-refractivity contribution >= 4 is 22.4 Å². The predicted octanol–water partition coefficient (Wildman–Crippen LogP) is 3.98. The largest absolute Gasteiger partial charge is 0.490 e. The molecule has 0 amide bonds. The molecule has 0 unspecified atom stereocenters. The summed E-state index contributed by atoms with van der Waals surface area (Å²) in [6, 6.07) is 6.68. The molecule has 2 fully saturated rings. The predicted molar refractivity (Wildman–Crippen MR) is 129 cm³/mol. The van der Waals surface area contributed by atoms with Gasteiger partial charge in [0.05, 0.1) is 35.9 Å². The summed E-state index contributed by atoms with van der Waals surface area (Å²) in [6.07, 6.45) is 6.07. The van der Waals surface area contributed by atoms with E-state index in [4.69, 9.17) is 14.5 Å². The van der Waals surface area contributed by atoms with Crippen LogP contribution in [0.3, 0.4) is 0 Å². The Kier molecular flexibility index (Phi) is 6.26. The molecule has 2 aromatic heterocycles. The van der Waals surface area contributed by atoms with Crippen LogP contribution in [0.1, 0.15) is 43.0 Å².